The molecule has 3 nitrogen and oxygen atoms in total. The summed E-state index contributed by atoms with van der Waals surface area (Å²) in [5, 5.41) is 18.8. The number of benzene rings is 2. The molecule has 0 heterocycles. The van der Waals surface area contributed by atoms with Crippen LogP contribution in [0.4, 0.5) is 11.4 Å². The van der Waals surface area contributed by atoms with Gasteiger partial charge in [0.05, 0.1) is 25.8 Å². The summed E-state index contributed by atoms with van der Waals surface area (Å²) in [5.74, 6) is -0.113. The lowest BCUT2D eigenvalue weighted by Gasteiger charge is -2.01. The van der Waals surface area contributed by atoms with E-state index in [0.29, 0.717) is 15.7 Å². The van der Waals surface area contributed by atoms with E-state index in [1.54, 1.807) is 18.2 Å². The SMILES string of the molecule is Oc1cc(Cl)c(Cl)cc1N=Nc1ccc(Cl)c(Cl)c1. The Bertz CT molecular complexity index is 658. The minimum atomic E-state index is -0.113. The molecular weight excluding hydrogens is 330 g/mol. The Kier molecular flexibility index (Phi) is 4.53. The first kappa shape index (κ1) is 14.4. The highest BCUT2D eigenvalue weighted by Crippen LogP contribution is 2.36. The van der Waals surface area contributed by atoms with Crippen molar-refractivity contribution >= 4 is 57.8 Å². The van der Waals surface area contributed by atoms with E-state index >= 15 is 0 Å². The Morgan fingerprint density at radius 2 is 1.37 bits per heavy atom. The monoisotopic (exact) mass is 334 g/mol. The van der Waals surface area contributed by atoms with Crippen molar-refractivity contribution in [2.75, 3.05) is 0 Å². The largest absolute Gasteiger partial charge is 0.506 e. The zero-order valence-corrected chi connectivity index (χ0v) is 12.3. The quantitative estimate of drug-likeness (QED) is 0.632. The molecule has 0 saturated carbocycles. The third-order valence-corrected chi connectivity index (χ3v) is 3.66. The van der Waals surface area contributed by atoms with Gasteiger partial charge in [0, 0.05) is 6.07 Å². The summed E-state index contributed by atoms with van der Waals surface area (Å²) in [6, 6.07) is 7.52. The van der Waals surface area contributed by atoms with Gasteiger partial charge in [-0.25, -0.2) is 0 Å². The summed E-state index contributed by atoms with van der Waals surface area (Å²) in [6.45, 7) is 0. The lowest BCUT2D eigenvalue weighted by molar-refractivity contribution is 0.476. The van der Waals surface area contributed by atoms with Gasteiger partial charge in [-0.1, -0.05) is 46.4 Å². The Morgan fingerprint density at radius 1 is 0.737 bits per heavy atom. The van der Waals surface area contributed by atoms with Crippen molar-refractivity contribution in [2.45, 2.75) is 0 Å². The second-order valence-corrected chi connectivity index (χ2v) is 5.18. The van der Waals surface area contributed by atoms with E-state index in [1.165, 1.54) is 12.1 Å². The number of halogens is 4. The van der Waals surface area contributed by atoms with Gasteiger partial charge in [0.15, 0.2) is 0 Å². The summed E-state index contributed by atoms with van der Waals surface area (Å²) in [5.41, 5.74) is 0.709. The highest BCUT2D eigenvalue weighted by atomic mass is 35.5. The molecule has 1 N–H and O–H groups in total. The molecule has 0 spiro atoms. The van der Waals surface area contributed by atoms with Crippen LogP contribution in [0.2, 0.25) is 20.1 Å². The average molecular weight is 336 g/mol. The molecule has 2 aromatic rings. The van der Waals surface area contributed by atoms with Crippen molar-refractivity contribution in [2.24, 2.45) is 10.2 Å². The molecule has 0 aliphatic carbocycles. The molecule has 98 valence electrons. The fourth-order valence-corrected chi connectivity index (χ4v) is 1.87. The van der Waals surface area contributed by atoms with Crippen LogP contribution in [-0.4, -0.2) is 5.11 Å². The Morgan fingerprint density at radius 3 is 2.05 bits per heavy atom. The molecule has 0 unspecified atom stereocenters. The number of hydrogen-bond acceptors (Lipinski definition) is 3. The number of phenolic OH excluding ortho intramolecular Hbond substituents is 1. The third kappa shape index (κ3) is 3.51. The predicted molar refractivity (Wildman–Crippen MR) is 78.8 cm³/mol. The smallest absolute Gasteiger partial charge is 0.144 e. The summed E-state index contributed by atoms with van der Waals surface area (Å²) in [6.07, 6.45) is 0. The molecule has 0 amide bonds. The van der Waals surface area contributed by atoms with Crippen LogP contribution in [0.1, 0.15) is 0 Å². The van der Waals surface area contributed by atoms with Gasteiger partial charge in [-0.3, -0.25) is 0 Å². The summed E-state index contributed by atoms with van der Waals surface area (Å²) in [7, 11) is 0. The zero-order valence-electron chi connectivity index (χ0n) is 9.24. The van der Waals surface area contributed by atoms with Crippen molar-refractivity contribution in [1.29, 1.82) is 0 Å². The molecule has 0 aliphatic heterocycles. The Hall–Kier alpha value is -1.000. The summed E-state index contributed by atoms with van der Waals surface area (Å²) < 4.78 is 0. The predicted octanol–water partition coefficient (Wildman–Crippen LogP) is 6.42. The van der Waals surface area contributed by atoms with Crippen molar-refractivity contribution in [1.82, 2.24) is 0 Å². The Labute approximate surface area is 129 Å². The molecule has 2 rings (SSSR count). The van der Waals surface area contributed by atoms with Crippen molar-refractivity contribution in [3.63, 3.8) is 0 Å². The zero-order chi connectivity index (χ0) is 14.0. The molecule has 19 heavy (non-hydrogen) atoms. The van der Waals surface area contributed by atoms with Crippen molar-refractivity contribution < 1.29 is 5.11 Å². The van der Waals surface area contributed by atoms with Gasteiger partial charge in [-0.2, -0.15) is 5.11 Å². The van der Waals surface area contributed by atoms with Gasteiger partial charge in [0.25, 0.3) is 0 Å². The average Bonchev–Trinajstić information content (AvgIpc) is 2.36. The molecule has 0 radical (unpaired) electrons. The lowest BCUT2D eigenvalue weighted by atomic mass is 10.3. The fraction of sp³-hybridized carbons (Fsp3) is 0. The van der Waals surface area contributed by atoms with Gasteiger partial charge in [0.2, 0.25) is 0 Å². The molecule has 0 atom stereocenters. The second kappa shape index (κ2) is 5.97. The van der Waals surface area contributed by atoms with Crippen LogP contribution >= 0.6 is 46.4 Å². The first-order valence-corrected chi connectivity index (χ1v) is 6.53. The van der Waals surface area contributed by atoms with Crippen molar-refractivity contribution in [3.05, 3.63) is 50.4 Å². The van der Waals surface area contributed by atoms with Crippen LogP contribution in [0, 0.1) is 0 Å². The number of hydrogen-bond donors (Lipinski definition) is 1. The third-order valence-electron chi connectivity index (χ3n) is 2.19. The molecule has 0 fully saturated rings. The van der Waals surface area contributed by atoms with E-state index in [9.17, 15) is 5.11 Å². The maximum atomic E-state index is 9.65. The molecule has 0 saturated heterocycles. The number of phenols is 1. The van der Waals surface area contributed by atoms with E-state index in [2.05, 4.69) is 10.2 Å². The first-order chi connectivity index (χ1) is 8.97. The number of rotatable bonds is 2. The highest BCUT2D eigenvalue weighted by Gasteiger charge is 2.06. The normalized spacial score (nSPS) is 11.2. The van der Waals surface area contributed by atoms with Gasteiger partial charge in [-0.05, 0) is 24.3 Å². The van der Waals surface area contributed by atoms with E-state index in [0.717, 1.165) is 0 Å². The molecule has 0 aromatic heterocycles. The Balaban J connectivity index is 2.32. The van der Waals surface area contributed by atoms with E-state index in [4.69, 9.17) is 46.4 Å². The van der Waals surface area contributed by atoms with Crippen LogP contribution in [-0.2, 0) is 0 Å². The van der Waals surface area contributed by atoms with Crippen LogP contribution in [0.25, 0.3) is 0 Å². The molecular formula is C12H6Cl4N2O. The minimum absolute atomic E-state index is 0.113. The van der Waals surface area contributed by atoms with Crippen molar-refractivity contribution in [3.8, 4) is 5.75 Å². The topological polar surface area (TPSA) is 45.0 Å². The number of aromatic hydroxyl groups is 1. The molecule has 0 bridgehead atoms. The second-order valence-electron chi connectivity index (χ2n) is 3.55. The van der Waals surface area contributed by atoms with Gasteiger partial charge in [0.1, 0.15) is 11.4 Å². The van der Waals surface area contributed by atoms with Crippen LogP contribution < -0.4 is 0 Å². The molecule has 7 heteroatoms. The van der Waals surface area contributed by atoms with Gasteiger partial charge in [-0.15, -0.1) is 5.11 Å². The van der Waals surface area contributed by atoms with E-state index < -0.39 is 0 Å². The maximum absolute atomic E-state index is 9.65. The molecule has 2 aromatic carbocycles. The van der Waals surface area contributed by atoms with Crippen LogP contribution in [0.5, 0.6) is 5.75 Å². The molecule has 0 aliphatic rings. The first-order valence-electron chi connectivity index (χ1n) is 5.02. The fourth-order valence-electron chi connectivity index (χ4n) is 1.26. The van der Waals surface area contributed by atoms with Crippen LogP contribution in [0.3, 0.4) is 0 Å². The summed E-state index contributed by atoms with van der Waals surface area (Å²) >= 11 is 23.2. The lowest BCUT2D eigenvalue weighted by Crippen LogP contribution is -1.72. The van der Waals surface area contributed by atoms with E-state index in [-0.39, 0.29) is 21.5 Å². The van der Waals surface area contributed by atoms with E-state index in [1.807, 2.05) is 0 Å². The van der Waals surface area contributed by atoms with Gasteiger partial charge >= 0.3 is 0 Å². The standard InChI is InChI=1S/C12H6Cl4N2O/c13-7-2-1-6(3-8(7)14)17-18-11-4-9(15)10(16)5-12(11)19/h1-5,19H. The maximum Gasteiger partial charge on any atom is 0.144 e. The van der Waals surface area contributed by atoms with Crippen LogP contribution in [0.15, 0.2) is 40.6 Å². The number of azo groups is 1. The number of nitrogens with zero attached hydrogens (tertiary/aromatic N) is 2. The van der Waals surface area contributed by atoms with Gasteiger partial charge < -0.3 is 5.11 Å². The highest BCUT2D eigenvalue weighted by molar-refractivity contribution is 6.42. The summed E-state index contributed by atoms with van der Waals surface area (Å²) in [4.78, 5) is 0. The minimum Gasteiger partial charge on any atom is -0.506 e.